The summed E-state index contributed by atoms with van der Waals surface area (Å²) < 4.78 is 12.9. The predicted molar refractivity (Wildman–Crippen MR) is 86.4 cm³/mol. The molecule has 0 bridgehead atoms. The lowest BCUT2D eigenvalue weighted by atomic mass is 9.98. The van der Waals surface area contributed by atoms with Crippen molar-refractivity contribution in [3.63, 3.8) is 0 Å². The Bertz CT molecular complexity index is 921. The molecule has 1 aromatic carbocycles. The standard InChI is InChI=1S/C17H17NO5/c1-17(2)6-5-9-11(23-17)7-12(22-4)13-14(9)18(3)8-10(15(13)19)16(20)21/h5-8H,1-4H3,(H,20,21). The fourth-order valence-electron chi connectivity index (χ4n) is 2.83. The number of ether oxygens (including phenoxy) is 2. The lowest BCUT2D eigenvalue weighted by Gasteiger charge is -2.29. The number of hydrogen-bond donors (Lipinski definition) is 1. The maximum absolute atomic E-state index is 12.6. The van der Waals surface area contributed by atoms with Crippen LogP contribution in [0.1, 0.15) is 29.8 Å². The molecule has 1 aromatic heterocycles. The topological polar surface area (TPSA) is 77.8 Å². The minimum atomic E-state index is -1.26. The Morgan fingerprint density at radius 1 is 1.39 bits per heavy atom. The number of carbonyl (C=O) groups is 1. The SMILES string of the molecule is COc1cc2c(c3c1c(=O)c(C(=O)O)cn3C)C=CC(C)(C)O2. The number of rotatable bonds is 2. The molecule has 0 radical (unpaired) electrons. The van der Waals surface area contributed by atoms with E-state index in [0.29, 0.717) is 17.0 Å². The molecule has 6 nitrogen and oxygen atoms in total. The lowest BCUT2D eigenvalue weighted by Crippen LogP contribution is -2.28. The van der Waals surface area contributed by atoms with Crippen molar-refractivity contribution in [3.05, 3.63) is 39.7 Å². The third-order valence-electron chi connectivity index (χ3n) is 3.89. The maximum atomic E-state index is 12.6. The number of nitrogens with zero attached hydrogens (tertiary/aromatic N) is 1. The molecule has 1 aliphatic heterocycles. The Morgan fingerprint density at radius 2 is 2.09 bits per heavy atom. The van der Waals surface area contributed by atoms with Gasteiger partial charge in [0, 0.05) is 24.9 Å². The molecule has 0 unspecified atom stereocenters. The first-order valence-corrected chi connectivity index (χ1v) is 7.11. The molecule has 2 aromatic rings. The van der Waals surface area contributed by atoms with Crippen LogP contribution in [-0.4, -0.2) is 28.4 Å². The van der Waals surface area contributed by atoms with Crippen molar-refractivity contribution in [2.45, 2.75) is 19.4 Å². The van der Waals surface area contributed by atoms with Crippen molar-refractivity contribution in [1.29, 1.82) is 0 Å². The number of aryl methyl sites for hydroxylation is 1. The largest absolute Gasteiger partial charge is 0.496 e. The van der Waals surface area contributed by atoms with E-state index >= 15 is 0 Å². The number of carboxylic acids is 1. The van der Waals surface area contributed by atoms with Gasteiger partial charge in [-0.3, -0.25) is 4.79 Å². The van der Waals surface area contributed by atoms with Crippen LogP contribution in [0.2, 0.25) is 0 Å². The van der Waals surface area contributed by atoms with Gasteiger partial charge in [-0.2, -0.15) is 0 Å². The van der Waals surface area contributed by atoms with Crippen LogP contribution in [-0.2, 0) is 7.05 Å². The second-order valence-corrected chi connectivity index (χ2v) is 6.04. The molecule has 0 saturated carbocycles. The van der Waals surface area contributed by atoms with Gasteiger partial charge in [0.25, 0.3) is 0 Å². The molecule has 0 amide bonds. The molecule has 0 atom stereocenters. The van der Waals surface area contributed by atoms with Crippen molar-refractivity contribution >= 4 is 22.9 Å². The van der Waals surface area contributed by atoms with Gasteiger partial charge in [0.05, 0.1) is 18.0 Å². The van der Waals surface area contributed by atoms with Crippen LogP contribution < -0.4 is 14.9 Å². The van der Waals surface area contributed by atoms with Crippen molar-refractivity contribution in [3.8, 4) is 11.5 Å². The molecule has 23 heavy (non-hydrogen) atoms. The van der Waals surface area contributed by atoms with E-state index in [4.69, 9.17) is 9.47 Å². The molecule has 0 aliphatic carbocycles. The Kier molecular flexibility index (Phi) is 3.21. The van der Waals surface area contributed by atoms with Crippen LogP contribution in [0.3, 0.4) is 0 Å². The van der Waals surface area contributed by atoms with Crippen LogP contribution in [0.5, 0.6) is 11.5 Å². The van der Waals surface area contributed by atoms with Gasteiger partial charge in [0.15, 0.2) is 0 Å². The fourth-order valence-corrected chi connectivity index (χ4v) is 2.83. The van der Waals surface area contributed by atoms with Crippen LogP contribution in [0.25, 0.3) is 17.0 Å². The minimum Gasteiger partial charge on any atom is -0.496 e. The number of pyridine rings is 1. The summed E-state index contributed by atoms with van der Waals surface area (Å²) in [6.07, 6.45) is 5.11. The van der Waals surface area contributed by atoms with Gasteiger partial charge in [-0.25, -0.2) is 4.79 Å². The third kappa shape index (κ3) is 2.27. The molecule has 1 aliphatic rings. The first kappa shape index (κ1) is 15.1. The number of fused-ring (bicyclic) bond motifs is 3. The third-order valence-corrected chi connectivity index (χ3v) is 3.89. The van der Waals surface area contributed by atoms with Crippen LogP contribution in [0.4, 0.5) is 0 Å². The summed E-state index contributed by atoms with van der Waals surface area (Å²) in [5.41, 5.74) is -0.00788. The van der Waals surface area contributed by atoms with Crippen molar-refractivity contribution in [1.82, 2.24) is 4.57 Å². The number of aromatic nitrogens is 1. The van der Waals surface area contributed by atoms with Gasteiger partial charge >= 0.3 is 5.97 Å². The zero-order valence-electron chi connectivity index (χ0n) is 13.3. The zero-order valence-corrected chi connectivity index (χ0v) is 13.3. The number of benzene rings is 1. The quantitative estimate of drug-likeness (QED) is 0.921. The predicted octanol–water partition coefficient (Wildman–Crippen LogP) is 2.43. The zero-order chi connectivity index (χ0) is 16.9. The van der Waals surface area contributed by atoms with Crippen molar-refractivity contribution in [2.24, 2.45) is 7.05 Å². The molecule has 6 heteroatoms. The smallest absolute Gasteiger partial charge is 0.341 e. The van der Waals surface area contributed by atoms with E-state index in [0.717, 1.165) is 5.56 Å². The Labute approximate surface area is 132 Å². The Morgan fingerprint density at radius 3 is 2.70 bits per heavy atom. The molecule has 1 N–H and O–H groups in total. The number of carboxylic acid groups (broad SMARTS) is 1. The monoisotopic (exact) mass is 315 g/mol. The summed E-state index contributed by atoms with van der Waals surface area (Å²) in [4.78, 5) is 23.9. The first-order chi connectivity index (χ1) is 10.7. The van der Waals surface area contributed by atoms with E-state index in [1.54, 1.807) is 17.7 Å². The normalized spacial score (nSPS) is 15.1. The molecular weight excluding hydrogens is 298 g/mol. The first-order valence-electron chi connectivity index (χ1n) is 7.11. The number of methoxy groups -OCH3 is 1. The molecule has 2 heterocycles. The van der Waals surface area contributed by atoms with E-state index in [-0.39, 0.29) is 10.9 Å². The number of aromatic carboxylic acids is 1. The van der Waals surface area contributed by atoms with Gasteiger partial charge in [0.2, 0.25) is 5.43 Å². The summed E-state index contributed by atoms with van der Waals surface area (Å²) in [5, 5.41) is 9.46. The van der Waals surface area contributed by atoms with Gasteiger partial charge < -0.3 is 19.1 Å². The highest BCUT2D eigenvalue weighted by Crippen LogP contribution is 2.39. The molecule has 120 valence electrons. The Hall–Kier alpha value is -2.76. The molecule has 0 spiro atoms. The second-order valence-electron chi connectivity index (χ2n) is 6.04. The van der Waals surface area contributed by atoms with Crippen LogP contribution in [0, 0.1) is 0 Å². The summed E-state index contributed by atoms with van der Waals surface area (Å²) in [6.45, 7) is 3.85. The highest BCUT2D eigenvalue weighted by Gasteiger charge is 2.27. The lowest BCUT2D eigenvalue weighted by molar-refractivity contribution is 0.0695. The summed E-state index contributed by atoms with van der Waals surface area (Å²) >= 11 is 0. The molecular formula is C17H17NO5. The Balaban J connectivity index is 2.49. The highest BCUT2D eigenvalue weighted by atomic mass is 16.5. The second kappa shape index (κ2) is 4.87. The summed E-state index contributed by atoms with van der Waals surface area (Å²) in [7, 11) is 3.14. The fraction of sp³-hybridized carbons (Fsp3) is 0.294. The van der Waals surface area contributed by atoms with Crippen LogP contribution in [0.15, 0.2) is 23.1 Å². The van der Waals surface area contributed by atoms with Crippen molar-refractivity contribution < 1.29 is 19.4 Å². The van der Waals surface area contributed by atoms with Gasteiger partial charge in [-0.05, 0) is 26.0 Å². The van der Waals surface area contributed by atoms with E-state index < -0.39 is 17.0 Å². The van der Waals surface area contributed by atoms with Gasteiger partial charge in [-0.15, -0.1) is 0 Å². The van der Waals surface area contributed by atoms with Gasteiger partial charge in [-0.1, -0.05) is 0 Å². The average Bonchev–Trinajstić information content (AvgIpc) is 2.47. The maximum Gasteiger partial charge on any atom is 0.341 e. The number of hydrogen-bond acceptors (Lipinski definition) is 4. The average molecular weight is 315 g/mol. The minimum absolute atomic E-state index is 0.238. The van der Waals surface area contributed by atoms with E-state index in [1.165, 1.54) is 13.3 Å². The summed E-state index contributed by atoms with van der Waals surface area (Å²) in [5.74, 6) is -0.367. The van der Waals surface area contributed by atoms with E-state index in [9.17, 15) is 14.7 Å². The summed E-state index contributed by atoms with van der Waals surface area (Å²) in [6, 6.07) is 1.63. The van der Waals surface area contributed by atoms with E-state index in [2.05, 4.69) is 0 Å². The van der Waals surface area contributed by atoms with Gasteiger partial charge in [0.1, 0.15) is 22.7 Å². The highest BCUT2D eigenvalue weighted by molar-refractivity contribution is 5.99. The van der Waals surface area contributed by atoms with Crippen molar-refractivity contribution in [2.75, 3.05) is 7.11 Å². The van der Waals surface area contributed by atoms with E-state index in [1.807, 2.05) is 26.0 Å². The molecule has 0 saturated heterocycles. The van der Waals surface area contributed by atoms with Crippen LogP contribution >= 0.6 is 0 Å². The molecule has 3 rings (SSSR count). The molecule has 0 fully saturated rings.